The van der Waals surface area contributed by atoms with Gasteiger partial charge < -0.3 is 15.5 Å². The minimum atomic E-state index is -0.839. The molecule has 0 aliphatic carbocycles. The molecule has 4 nitrogen and oxygen atoms in total. The Labute approximate surface area is 281 Å². The van der Waals surface area contributed by atoms with Gasteiger partial charge in [-0.05, 0) is 44.9 Å². The third kappa shape index (κ3) is 34.0. The first kappa shape index (κ1) is 43.9. The maximum atomic E-state index is 12.3. The predicted octanol–water partition coefficient (Wildman–Crippen LogP) is 12.1. The first-order valence-corrected chi connectivity index (χ1v) is 20.1. The van der Waals surface area contributed by atoms with Gasteiger partial charge in [0, 0.05) is 6.42 Å². The highest BCUT2D eigenvalue weighted by Crippen LogP contribution is 2.14. The van der Waals surface area contributed by atoms with Gasteiger partial charge in [-0.2, -0.15) is 0 Å². The SMILES string of the molecule is CCCCCCCCC/C=C\CCCCCCCC(=O)NC(CO)C(O)/C=C/CCCCCCCCCCCCCCCCC. The molecule has 3 N–H and O–H groups in total. The molecule has 0 saturated heterocycles. The molecule has 0 bridgehead atoms. The summed E-state index contributed by atoms with van der Waals surface area (Å²) in [6.45, 7) is 4.30. The minimum absolute atomic E-state index is 0.0720. The van der Waals surface area contributed by atoms with Crippen LogP contribution in [0.4, 0.5) is 0 Å². The van der Waals surface area contributed by atoms with Crippen molar-refractivity contribution in [2.45, 2.75) is 225 Å². The van der Waals surface area contributed by atoms with E-state index >= 15 is 0 Å². The van der Waals surface area contributed by atoms with Crippen LogP contribution >= 0.6 is 0 Å². The zero-order valence-corrected chi connectivity index (χ0v) is 30.4. The predicted molar refractivity (Wildman–Crippen MR) is 198 cm³/mol. The standard InChI is InChI=1S/C41H79NO3/c1-3-5-7-9-11-13-15-17-19-21-22-24-26-28-30-32-34-36-40(44)39(38-43)42-41(45)37-35-33-31-29-27-25-23-20-18-16-14-12-10-8-6-4-2/h20,23,34,36,39-40,43-44H,3-19,21-22,24-33,35,37-38H2,1-2H3,(H,42,45)/b23-20-,36-34+. The van der Waals surface area contributed by atoms with E-state index in [2.05, 4.69) is 31.3 Å². The lowest BCUT2D eigenvalue weighted by Gasteiger charge is -2.20. The van der Waals surface area contributed by atoms with Gasteiger partial charge in [0.25, 0.3) is 0 Å². The van der Waals surface area contributed by atoms with Crippen molar-refractivity contribution >= 4 is 5.91 Å². The summed E-state index contributed by atoms with van der Waals surface area (Å²) in [5.74, 6) is -0.0720. The van der Waals surface area contributed by atoms with Gasteiger partial charge in [-0.15, -0.1) is 0 Å². The van der Waals surface area contributed by atoms with Gasteiger partial charge in [-0.3, -0.25) is 4.79 Å². The molecular formula is C41H79NO3. The van der Waals surface area contributed by atoms with Crippen LogP contribution in [0.2, 0.25) is 0 Å². The number of aliphatic hydroxyl groups is 2. The molecule has 0 heterocycles. The summed E-state index contributed by atoms with van der Waals surface area (Å²) in [6.07, 6.45) is 47.0. The van der Waals surface area contributed by atoms with Crippen LogP contribution in [-0.2, 0) is 4.79 Å². The van der Waals surface area contributed by atoms with Crippen LogP contribution in [0.1, 0.15) is 213 Å². The van der Waals surface area contributed by atoms with Gasteiger partial charge >= 0.3 is 0 Å². The quantitative estimate of drug-likeness (QED) is 0.0475. The van der Waals surface area contributed by atoms with Crippen LogP contribution in [0.5, 0.6) is 0 Å². The summed E-state index contributed by atoms with van der Waals surface area (Å²) in [5, 5.41) is 22.9. The molecule has 0 aliphatic heterocycles. The van der Waals surface area contributed by atoms with Crippen molar-refractivity contribution in [2.24, 2.45) is 0 Å². The lowest BCUT2D eigenvalue weighted by Crippen LogP contribution is -2.45. The summed E-state index contributed by atoms with van der Waals surface area (Å²) >= 11 is 0. The molecule has 0 rings (SSSR count). The van der Waals surface area contributed by atoms with E-state index in [4.69, 9.17) is 0 Å². The lowest BCUT2D eigenvalue weighted by molar-refractivity contribution is -0.123. The van der Waals surface area contributed by atoms with Crippen molar-refractivity contribution in [2.75, 3.05) is 6.61 Å². The fraction of sp³-hybridized carbons (Fsp3) is 0.878. The van der Waals surface area contributed by atoms with Gasteiger partial charge in [0.1, 0.15) is 0 Å². The van der Waals surface area contributed by atoms with Gasteiger partial charge in [0.05, 0.1) is 18.8 Å². The monoisotopic (exact) mass is 634 g/mol. The van der Waals surface area contributed by atoms with E-state index < -0.39 is 12.1 Å². The topological polar surface area (TPSA) is 69.6 Å². The maximum absolute atomic E-state index is 12.3. The highest BCUT2D eigenvalue weighted by Gasteiger charge is 2.17. The van der Waals surface area contributed by atoms with Crippen LogP contribution in [0, 0.1) is 0 Å². The molecule has 0 aliphatic rings. The van der Waals surface area contributed by atoms with E-state index in [0.29, 0.717) is 6.42 Å². The number of aliphatic hydroxyl groups excluding tert-OH is 2. The Morgan fingerprint density at radius 2 is 0.844 bits per heavy atom. The first-order valence-electron chi connectivity index (χ1n) is 20.1. The number of allylic oxidation sites excluding steroid dienone is 3. The number of hydrogen-bond acceptors (Lipinski definition) is 3. The molecule has 0 aromatic heterocycles. The van der Waals surface area contributed by atoms with E-state index in [9.17, 15) is 15.0 Å². The van der Waals surface area contributed by atoms with Crippen molar-refractivity contribution in [3.8, 4) is 0 Å². The third-order valence-corrected chi connectivity index (χ3v) is 9.18. The van der Waals surface area contributed by atoms with E-state index in [-0.39, 0.29) is 12.5 Å². The van der Waals surface area contributed by atoms with Crippen molar-refractivity contribution in [3.63, 3.8) is 0 Å². The molecule has 2 atom stereocenters. The molecule has 0 radical (unpaired) electrons. The van der Waals surface area contributed by atoms with Crippen LogP contribution < -0.4 is 5.32 Å². The van der Waals surface area contributed by atoms with E-state index in [0.717, 1.165) is 32.1 Å². The molecule has 0 aromatic carbocycles. The summed E-state index contributed by atoms with van der Waals surface area (Å²) in [5.41, 5.74) is 0. The van der Waals surface area contributed by atoms with Crippen LogP contribution in [0.25, 0.3) is 0 Å². The smallest absolute Gasteiger partial charge is 0.220 e. The van der Waals surface area contributed by atoms with E-state index in [1.165, 1.54) is 161 Å². The number of hydrogen-bond donors (Lipinski definition) is 3. The van der Waals surface area contributed by atoms with Gasteiger partial charge in [0.2, 0.25) is 5.91 Å². The zero-order valence-electron chi connectivity index (χ0n) is 30.4. The molecule has 0 spiro atoms. The van der Waals surface area contributed by atoms with Crippen molar-refractivity contribution in [1.82, 2.24) is 5.32 Å². The Balaban J connectivity index is 3.60. The Kier molecular flexibility index (Phi) is 36.4. The van der Waals surface area contributed by atoms with Crippen molar-refractivity contribution in [3.05, 3.63) is 24.3 Å². The number of carbonyl (C=O) groups is 1. The number of nitrogens with one attached hydrogen (secondary N) is 1. The zero-order chi connectivity index (χ0) is 32.9. The number of unbranched alkanes of at least 4 members (excludes halogenated alkanes) is 27. The second kappa shape index (κ2) is 37.3. The molecule has 2 unspecified atom stereocenters. The van der Waals surface area contributed by atoms with Gasteiger partial charge in [0.15, 0.2) is 0 Å². The summed E-state index contributed by atoms with van der Waals surface area (Å²) in [6, 6.07) is -0.623. The minimum Gasteiger partial charge on any atom is -0.394 e. The molecular weight excluding hydrogens is 554 g/mol. The summed E-state index contributed by atoms with van der Waals surface area (Å²) in [4.78, 5) is 12.3. The van der Waals surface area contributed by atoms with Gasteiger partial charge in [-0.25, -0.2) is 0 Å². The number of rotatable bonds is 36. The molecule has 266 valence electrons. The first-order chi connectivity index (χ1) is 22.2. The molecule has 45 heavy (non-hydrogen) atoms. The lowest BCUT2D eigenvalue weighted by atomic mass is 10.0. The maximum Gasteiger partial charge on any atom is 0.220 e. The summed E-state index contributed by atoms with van der Waals surface area (Å²) in [7, 11) is 0. The van der Waals surface area contributed by atoms with Crippen LogP contribution in [0.3, 0.4) is 0 Å². The van der Waals surface area contributed by atoms with E-state index in [1.54, 1.807) is 6.08 Å². The third-order valence-electron chi connectivity index (χ3n) is 9.18. The number of amides is 1. The number of carbonyl (C=O) groups excluding carboxylic acids is 1. The molecule has 4 heteroatoms. The second-order valence-corrected chi connectivity index (χ2v) is 13.7. The Morgan fingerprint density at radius 1 is 0.511 bits per heavy atom. The summed E-state index contributed by atoms with van der Waals surface area (Å²) < 4.78 is 0. The van der Waals surface area contributed by atoms with Gasteiger partial charge in [-0.1, -0.05) is 186 Å². The Morgan fingerprint density at radius 3 is 1.22 bits per heavy atom. The second-order valence-electron chi connectivity index (χ2n) is 13.7. The van der Waals surface area contributed by atoms with Crippen LogP contribution in [-0.4, -0.2) is 34.9 Å². The van der Waals surface area contributed by atoms with Crippen molar-refractivity contribution in [1.29, 1.82) is 0 Å². The van der Waals surface area contributed by atoms with E-state index in [1.807, 2.05) is 6.08 Å². The average molecular weight is 634 g/mol. The molecule has 0 fully saturated rings. The fourth-order valence-corrected chi connectivity index (χ4v) is 6.05. The normalized spacial score (nSPS) is 13.2. The van der Waals surface area contributed by atoms with Crippen LogP contribution in [0.15, 0.2) is 24.3 Å². The highest BCUT2D eigenvalue weighted by molar-refractivity contribution is 5.76. The molecule has 1 amide bonds. The molecule has 0 aromatic rings. The largest absolute Gasteiger partial charge is 0.394 e. The fourth-order valence-electron chi connectivity index (χ4n) is 6.05. The Bertz CT molecular complexity index is 647. The van der Waals surface area contributed by atoms with Crippen molar-refractivity contribution < 1.29 is 15.0 Å². The Hall–Kier alpha value is -1.13. The highest BCUT2D eigenvalue weighted by atomic mass is 16.3. The molecule has 0 saturated carbocycles. The average Bonchev–Trinajstić information content (AvgIpc) is 3.04.